The van der Waals surface area contributed by atoms with Crippen LogP contribution in [0.15, 0.2) is 36.4 Å². The highest BCUT2D eigenvalue weighted by Crippen LogP contribution is 2.71. The first-order chi connectivity index (χ1) is 40.9. The van der Waals surface area contributed by atoms with E-state index < -0.39 is 73.1 Å². The molecule has 6 unspecified atom stereocenters. The van der Waals surface area contributed by atoms with Gasteiger partial charge in [0.05, 0.1) is 65.7 Å². The average Bonchev–Trinajstić information content (AvgIpc) is 1.09. The number of likely N-dealkylation sites (tertiary alicyclic amines) is 3. The van der Waals surface area contributed by atoms with Gasteiger partial charge in [-0.2, -0.15) is 8.42 Å². The number of rotatable bonds is 8. The average molecular weight is 1190 g/mol. The number of nitrogens with zero attached hydrogens (tertiary/aromatic N) is 3. The van der Waals surface area contributed by atoms with Crippen LogP contribution in [0.25, 0.3) is 0 Å². The minimum atomic E-state index is -3.73. The first kappa shape index (κ1) is 53.7. The van der Waals surface area contributed by atoms with Gasteiger partial charge in [0.15, 0.2) is 58.6 Å². The molecule has 11 fully saturated rings. The Labute approximate surface area is 495 Å². The van der Waals surface area contributed by atoms with Gasteiger partial charge in [0, 0.05) is 73.7 Å². The van der Waals surface area contributed by atoms with Crippen LogP contribution in [0.2, 0.25) is 0 Å². The maximum absolute atomic E-state index is 12.7. The molecule has 3 aromatic rings. The third-order valence-corrected chi connectivity index (χ3v) is 25.4. The number of aromatic hydroxyl groups is 2. The predicted molar refractivity (Wildman–Crippen MR) is 302 cm³/mol. The van der Waals surface area contributed by atoms with Gasteiger partial charge in [-0.3, -0.25) is 19.5 Å². The molecule has 85 heavy (non-hydrogen) atoms. The normalized spacial score (nSPS) is 40.9. The number of carbonyl (C=O) groups is 1. The highest BCUT2D eigenvalue weighted by molar-refractivity contribution is 7.86. The van der Waals surface area contributed by atoms with E-state index in [1.54, 1.807) is 18.2 Å². The first-order valence-corrected chi connectivity index (χ1v) is 33.9. The number of fused-ring (bicyclic) bond motifs is 2. The summed E-state index contributed by atoms with van der Waals surface area (Å²) < 4.78 is 73.0. The Balaban J connectivity index is 0.0000000974. The van der Waals surface area contributed by atoms with Crippen LogP contribution in [0.1, 0.15) is 130 Å². The van der Waals surface area contributed by atoms with Crippen LogP contribution in [0.5, 0.6) is 34.5 Å². The van der Waals surface area contributed by atoms with Crippen molar-refractivity contribution in [3.05, 3.63) is 69.8 Å². The molecule has 20 heteroatoms. The second kappa shape index (κ2) is 17.8. The number of phenolic OH excluding ortho intramolecular Hbond substituents is 2. The first-order valence-electron chi connectivity index (χ1n) is 32.1. The largest absolute Gasteiger partial charge is 0.504 e. The Morgan fingerprint density at radius 2 is 0.918 bits per heavy atom. The van der Waals surface area contributed by atoms with Gasteiger partial charge >= 0.3 is 10.1 Å². The van der Waals surface area contributed by atoms with Gasteiger partial charge in [-0.25, -0.2) is 0 Å². The zero-order chi connectivity index (χ0) is 57.6. The van der Waals surface area contributed by atoms with Crippen LogP contribution >= 0.6 is 0 Å². The highest BCUT2D eigenvalue weighted by Gasteiger charge is 2.80. The highest BCUT2D eigenvalue weighted by atomic mass is 32.2. The van der Waals surface area contributed by atoms with Crippen molar-refractivity contribution < 1.29 is 76.1 Å². The van der Waals surface area contributed by atoms with Gasteiger partial charge in [0.25, 0.3) is 0 Å². The molecule has 0 radical (unpaired) electrons. The molecule has 5 saturated heterocycles. The fraction of sp³-hybridized carbons (Fsp3) is 0.708. The Hall–Kier alpha value is -4.32. The molecule has 0 amide bonds. The molecule has 8 aliphatic heterocycles. The number of hydrogen-bond donors (Lipinski definition) is 5. The monoisotopic (exact) mass is 1190 g/mol. The quantitative estimate of drug-likeness (QED) is 0.195. The van der Waals surface area contributed by atoms with Crippen molar-refractivity contribution in [3.63, 3.8) is 0 Å². The maximum Gasteiger partial charge on any atom is 0.306 e. The van der Waals surface area contributed by atoms with Crippen molar-refractivity contribution in [3.8, 4) is 34.5 Å². The van der Waals surface area contributed by atoms with Crippen molar-refractivity contribution >= 4 is 15.9 Å². The van der Waals surface area contributed by atoms with Crippen molar-refractivity contribution in [1.29, 1.82) is 0 Å². The van der Waals surface area contributed by atoms with Crippen LogP contribution in [0.3, 0.4) is 0 Å². The lowest BCUT2D eigenvalue weighted by atomic mass is 9.48. The van der Waals surface area contributed by atoms with Crippen molar-refractivity contribution in [1.82, 2.24) is 14.7 Å². The van der Waals surface area contributed by atoms with E-state index in [0.717, 1.165) is 123 Å². The van der Waals surface area contributed by atoms with Gasteiger partial charge in [-0.05, 0) is 169 Å². The van der Waals surface area contributed by atoms with Crippen LogP contribution < -0.4 is 18.4 Å². The third kappa shape index (κ3) is 7.02. The summed E-state index contributed by atoms with van der Waals surface area (Å²) in [5.41, 5.74) is 1.56. The van der Waals surface area contributed by atoms with E-state index in [9.17, 15) is 38.7 Å². The SMILES string of the molecule is CS(=O)(=O)Oc1ccc2c3c1OC1C4(CCC5(O)[C@@H](C2)N(CC2CC2)CC[C@]315)OCCO4.O=C1CCC2(O)[C@H]3Cc4ccc(O)c5c4[C@@]2(CCN3CC2CC2)C1O5.Oc1ccc2c3c1OC1C4(CCC5(O)[C@@H](C2)N(CC2CC2)CC[C@]315)OCCO4. The van der Waals surface area contributed by atoms with Gasteiger partial charge in [-0.15, -0.1) is 0 Å². The summed E-state index contributed by atoms with van der Waals surface area (Å²) in [5.74, 6) is 2.52. The van der Waals surface area contributed by atoms with E-state index in [1.165, 1.54) is 44.1 Å². The summed E-state index contributed by atoms with van der Waals surface area (Å²) in [6, 6.07) is 11.2. The number of ether oxygens (including phenoxy) is 7. The summed E-state index contributed by atoms with van der Waals surface area (Å²) in [5, 5.41) is 57.7. The lowest BCUT2D eigenvalue weighted by Gasteiger charge is -2.65. The van der Waals surface area contributed by atoms with Gasteiger partial charge in [-0.1, -0.05) is 18.2 Å². The minimum absolute atomic E-state index is 0.00169. The number of ketones is 1. The lowest BCUT2D eigenvalue weighted by molar-refractivity contribution is -0.297. The van der Waals surface area contributed by atoms with E-state index in [-0.39, 0.29) is 41.2 Å². The second-order valence-corrected chi connectivity index (χ2v) is 30.6. The fourth-order valence-electron chi connectivity index (χ4n) is 20.9. The molecule has 5 N–H and O–H groups in total. The summed E-state index contributed by atoms with van der Waals surface area (Å²) in [6.07, 6.45) is 15.1. The topological polar surface area (TPSA) is 236 Å². The minimum Gasteiger partial charge on any atom is -0.504 e. The molecule has 456 valence electrons. The van der Waals surface area contributed by atoms with Gasteiger partial charge < -0.3 is 62.9 Å². The third-order valence-electron chi connectivity index (χ3n) is 24.9. The van der Waals surface area contributed by atoms with Gasteiger partial charge in [0.2, 0.25) is 11.6 Å². The molecule has 20 rings (SSSR count). The predicted octanol–water partition coefficient (Wildman–Crippen LogP) is 4.56. The standard InChI is InChI=1S/C23H29NO7S.C22H27NO5.C20H23NO4/c1-32(26,27)31-16-5-4-15-12-17-22(25)6-7-23(28-10-11-29-23)20-21(22,18(15)19(16)30-20)8-9-24(17)13-14-2-3-14;24-15-4-3-14-11-16-21(25)5-6-22(26-9-10-27-22)19-20(21,17(14)18(15)28-19)7-8-23(16)12-13-1-2-13;22-13-4-3-12-9-15-20(24)6-5-14(23)18-19(20,16(12)17(13)25-18)7-8-21(15)10-11-1-2-11/h4-5,14,17,20,25H,2-3,6-13H2,1H3;3-4,13,16,19,24-25H,1-2,5-12H2;3-4,11,15,18,22,24H,1-2,5-10H2/t17-,20?,21+,22?;16-,19?,20+,21?;15-,18?,19+,20?/m111/s1. The molecule has 6 bridgehead atoms. The molecule has 6 saturated carbocycles. The number of aliphatic hydroxyl groups is 3. The summed E-state index contributed by atoms with van der Waals surface area (Å²) in [7, 11) is -3.73. The van der Waals surface area contributed by atoms with Crippen molar-refractivity contribution in [2.75, 3.05) is 72.0 Å². The number of hydrogen-bond acceptors (Lipinski definition) is 19. The number of carbonyl (C=O) groups excluding carboxylic acids is 1. The molecule has 19 nitrogen and oxygen atoms in total. The maximum atomic E-state index is 12.7. The smallest absolute Gasteiger partial charge is 0.306 e. The molecule has 3 aromatic carbocycles. The van der Waals surface area contributed by atoms with Crippen LogP contribution in [-0.2, 0) is 69.4 Å². The lowest BCUT2D eigenvalue weighted by Crippen LogP contribution is -2.79. The zero-order valence-corrected chi connectivity index (χ0v) is 49.3. The second-order valence-electron chi connectivity index (χ2n) is 29.0. The van der Waals surface area contributed by atoms with Crippen LogP contribution in [-0.4, -0.2) is 191 Å². The molecule has 8 heterocycles. The van der Waals surface area contributed by atoms with E-state index in [1.807, 2.05) is 18.2 Å². The number of phenols is 2. The van der Waals surface area contributed by atoms with Crippen LogP contribution in [0.4, 0.5) is 0 Å². The Kier molecular flexibility index (Phi) is 11.2. The van der Waals surface area contributed by atoms with Gasteiger partial charge in [0.1, 0.15) is 0 Å². The molecule has 17 aliphatic rings. The fourth-order valence-corrected chi connectivity index (χ4v) is 21.4. The summed E-state index contributed by atoms with van der Waals surface area (Å²) in [6.45, 7) is 7.99. The van der Waals surface area contributed by atoms with Crippen molar-refractivity contribution in [2.24, 2.45) is 17.8 Å². The molecule has 12 atom stereocenters. The molecule has 5 spiro atoms. The number of benzene rings is 3. The Morgan fingerprint density at radius 1 is 0.518 bits per heavy atom. The molecule has 0 aromatic heterocycles. The number of Topliss-reactive ketones (excluding diaryl/α,β-unsaturated/α-hetero) is 1. The number of piperidine rings is 3. The van der Waals surface area contributed by atoms with Crippen molar-refractivity contribution in [2.45, 2.75) is 197 Å². The molecular weight excluding hydrogens is 1110 g/mol. The van der Waals surface area contributed by atoms with E-state index in [2.05, 4.69) is 14.7 Å². The Bertz CT molecular complexity index is 3470. The molecule has 9 aliphatic carbocycles. The van der Waals surface area contributed by atoms with Crippen LogP contribution in [0, 0.1) is 17.8 Å². The van der Waals surface area contributed by atoms with E-state index >= 15 is 0 Å². The summed E-state index contributed by atoms with van der Waals surface area (Å²) >= 11 is 0. The molecular formula is C65H79N3O16S. The Morgan fingerprint density at radius 3 is 1.38 bits per heavy atom. The van der Waals surface area contributed by atoms with E-state index in [4.69, 9.17) is 37.3 Å². The zero-order valence-electron chi connectivity index (χ0n) is 48.4. The summed E-state index contributed by atoms with van der Waals surface area (Å²) in [4.78, 5) is 20.2. The van der Waals surface area contributed by atoms with E-state index in [0.29, 0.717) is 88.6 Å².